The first-order valence-electron chi connectivity index (χ1n) is 6.60. The lowest BCUT2D eigenvalue weighted by Crippen LogP contribution is -2.44. The van der Waals surface area contributed by atoms with E-state index >= 15 is 0 Å². The molecule has 1 fully saturated rings. The Bertz CT molecular complexity index is 408. The van der Waals surface area contributed by atoms with Crippen molar-refractivity contribution in [2.75, 3.05) is 0 Å². The molecule has 98 valence electrons. The molecule has 0 aromatic carbocycles. The van der Waals surface area contributed by atoms with E-state index in [9.17, 15) is 9.59 Å². The molecule has 0 amide bonds. The SMILES string of the molecule is C=CC[C@@]12CCC(=O)C=C1CCC[C@@H]2OC(C)=O. The van der Waals surface area contributed by atoms with Crippen LogP contribution in [0.4, 0.5) is 0 Å². The maximum Gasteiger partial charge on any atom is 0.302 e. The minimum absolute atomic E-state index is 0.0962. The third-order valence-corrected chi connectivity index (χ3v) is 4.14. The van der Waals surface area contributed by atoms with Crippen molar-refractivity contribution in [2.24, 2.45) is 5.41 Å². The van der Waals surface area contributed by atoms with E-state index in [-0.39, 0.29) is 23.3 Å². The average molecular weight is 248 g/mol. The highest BCUT2D eigenvalue weighted by atomic mass is 16.5. The van der Waals surface area contributed by atoms with Gasteiger partial charge < -0.3 is 4.74 Å². The van der Waals surface area contributed by atoms with E-state index in [1.54, 1.807) is 6.08 Å². The highest BCUT2D eigenvalue weighted by Gasteiger charge is 2.47. The molecule has 2 aliphatic rings. The van der Waals surface area contributed by atoms with E-state index in [1.807, 2.05) is 6.08 Å². The smallest absolute Gasteiger partial charge is 0.302 e. The van der Waals surface area contributed by atoms with Gasteiger partial charge in [-0.25, -0.2) is 0 Å². The molecule has 1 saturated carbocycles. The van der Waals surface area contributed by atoms with Crippen LogP contribution >= 0.6 is 0 Å². The van der Waals surface area contributed by atoms with Crippen LogP contribution in [0.15, 0.2) is 24.3 Å². The highest BCUT2D eigenvalue weighted by Crippen LogP contribution is 2.50. The van der Waals surface area contributed by atoms with Crippen LogP contribution in [0.5, 0.6) is 0 Å². The number of hydrogen-bond donors (Lipinski definition) is 0. The van der Waals surface area contributed by atoms with Crippen LogP contribution in [0, 0.1) is 5.41 Å². The molecule has 0 aromatic heterocycles. The first-order chi connectivity index (χ1) is 8.58. The Labute approximate surface area is 108 Å². The van der Waals surface area contributed by atoms with Crippen molar-refractivity contribution in [1.82, 2.24) is 0 Å². The maximum atomic E-state index is 11.6. The summed E-state index contributed by atoms with van der Waals surface area (Å²) in [6, 6.07) is 0. The van der Waals surface area contributed by atoms with Gasteiger partial charge in [-0.05, 0) is 38.2 Å². The fraction of sp³-hybridized carbons (Fsp3) is 0.600. The van der Waals surface area contributed by atoms with Crippen molar-refractivity contribution in [2.45, 2.75) is 51.6 Å². The molecule has 0 N–H and O–H groups in total. The predicted octanol–water partition coefficient (Wildman–Crippen LogP) is 2.95. The number of carbonyl (C=O) groups is 2. The zero-order valence-corrected chi connectivity index (χ0v) is 10.9. The molecule has 3 nitrogen and oxygen atoms in total. The van der Waals surface area contributed by atoms with Crippen LogP contribution in [0.1, 0.15) is 45.4 Å². The van der Waals surface area contributed by atoms with Crippen molar-refractivity contribution in [3.63, 3.8) is 0 Å². The number of fused-ring (bicyclic) bond motifs is 1. The lowest BCUT2D eigenvalue weighted by atomic mass is 9.61. The van der Waals surface area contributed by atoms with Crippen LogP contribution < -0.4 is 0 Å². The standard InChI is InChI=1S/C15H20O3/c1-3-8-15-9-7-13(17)10-12(15)5-4-6-14(15)18-11(2)16/h3,10,14H,1,4-9H2,2H3/t14-,15+/m0/s1. The summed E-state index contributed by atoms with van der Waals surface area (Å²) in [6.45, 7) is 5.27. The van der Waals surface area contributed by atoms with Gasteiger partial charge >= 0.3 is 5.97 Å². The van der Waals surface area contributed by atoms with Crippen molar-refractivity contribution < 1.29 is 14.3 Å². The Morgan fingerprint density at radius 1 is 1.61 bits per heavy atom. The summed E-state index contributed by atoms with van der Waals surface area (Å²) >= 11 is 0. The summed E-state index contributed by atoms with van der Waals surface area (Å²) in [6.07, 6.45) is 8.49. The summed E-state index contributed by atoms with van der Waals surface area (Å²) in [5.74, 6) is -0.0326. The van der Waals surface area contributed by atoms with Gasteiger partial charge in [0.15, 0.2) is 5.78 Å². The fourth-order valence-electron chi connectivity index (χ4n) is 3.35. The van der Waals surface area contributed by atoms with Gasteiger partial charge in [0, 0.05) is 18.8 Å². The monoisotopic (exact) mass is 248 g/mol. The molecule has 0 spiro atoms. The van der Waals surface area contributed by atoms with Gasteiger partial charge in [0.1, 0.15) is 6.10 Å². The fourth-order valence-corrected chi connectivity index (χ4v) is 3.35. The lowest BCUT2D eigenvalue weighted by Gasteiger charge is -2.46. The second-order valence-corrected chi connectivity index (χ2v) is 5.28. The molecule has 0 bridgehead atoms. The molecule has 18 heavy (non-hydrogen) atoms. The Morgan fingerprint density at radius 3 is 3.06 bits per heavy atom. The first kappa shape index (κ1) is 13.1. The van der Waals surface area contributed by atoms with Crippen LogP contribution in [-0.2, 0) is 14.3 Å². The topological polar surface area (TPSA) is 43.4 Å². The summed E-state index contributed by atoms with van der Waals surface area (Å²) in [5.41, 5.74) is 0.996. The molecule has 0 saturated heterocycles. The summed E-state index contributed by atoms with van der Waals surface area (Å²) in [4.78, 5) is 22.8. The molecular weight excluding hydrogens is 228 g/mol. The lowest BCUT2D eigenvalue weighted by molar-refractivity contribution is -0.154. The largest absolute Gasteiger partial charge is 0.462 e. The van der Waals surface area contributed by atoms with E-state index in [0.717, 1.165) is 37.7 Å². The van der Waals surface area contributed by atoms with Crippen molar-refractivity contribution >= 4 is 11.8 Å². The molecule has 2 aliphatic carbocycles. The number of hydrogen-bond acceptors (Lipinski definition) is 3. The predicted molar refractivity (Wildman–Crippen MR) is 69.0 cm³/mol. The second kappa shape index (κ2) is 5.09. The van der Waals surface area contributed by atoms with Gasteiger partial charge in [-0.15, -0.1) is 6.58 Å². The summed E-state index contributed by atoms with van der Waals surface area (Å²) < 4.78 is 5.51. The van der Waals surface area contributed by atoms with Crippen LogP contribution in [-0.4, -0.2) is 17.9 Å². The van der Waals surface area contributed by atoms with Gasteiger partial charge in [-0.2, -0.15) is 0 Å². The third-order valence-electron chi connectivity index (χ3n) is 4.14. The number of ketones is 1. The van der Waals surface area contributed by atoms with E-state index in [0.29, 0.717) is 6.42 Å². The summed E-state index contributed by atoms with van der Waals surface area (Å²) in [7, 11) is 0. The Morgan fingerprint density at radius 2 is 2.39 bits per heavy atom. The molecule has 0 unspecified atom stereocenters. The van der Waals surface area contributed by atoms with E-state index in [1.165, 1.54) is 6.92 Å². The van der Waals surface area contributed by atoms with Gasteiger partial charge in [0.25, 0.3) is 0 Å². The zero-order valence-electron chi connectivity index (χ0n) is 10.9. The molecule has 3 heteroatoms. The van der Waals surface area contributed by atoms with Crippen molar-refractivity contribution in [3.8, 4) is 0 Å². The Kier molecular flexibility index (Phi) is 3.69. The van der Waals surface area contributed by atoms with Crippen molar-refractivity contribution in [3.05, 3.63) is 24.3 Å². The molecule has 0 radical (unpaired) electrons. The average Bonchev–Trinajstić information content (AvgIpc) is 2.31. The number of rotatable bonds is 3. The van der Waals surface area contributed by atoms with E-state index < -0.39 is 0 Å². The Hall–Kier alpha value is -1.38. The van der Waals surface area contributed by atoms with Gasteiger partial charge in [0.2, 0.25) is 0 Å². The number of allylic oxidation sites excluding steroid dienone is 2. The first-order valence-corrected chi connectivity index (χ1v) is 6.60. The second-order valence-electron chi connectivity index (χ2n) is 5.28. The molecule has 0 aromatic rings. The highest BCUT2D eigenvalue weighted by molar-refractivity contribution is 5.91. The number of ether oxygens (including phenoxy) is 1. The normalized spacial score (nSPS) is 31.3. The Balaban J connectivity index is 2.35. The molecule has 2 atom stereocenters. The van der Waals surface area contributed by atoms with Crippen LogP contribution in [0.2, 0.25) is 0 Å². The van der Waals surface area contributed by atoms with Crippen LogP contribution in [0.3, 0.4) is 0 Å². The maximum absolute atomic E-state index is 11.6. The zero-order chi connectivity index (χ0) is 13.2. The number of esters is 1. The van der Waals surface area contributed by atoms with Gasteiger partial charge in [0.05, 0.1) is 0 Å². The quantitative estimate of drug-likeness (QED) is 0.569. The van der Waals surface area contributed by atoms with Crippen LogP contribution in [0.25, 0.3) is 0 Å². The van der Waals surface area contributed by atoms with Crippen molar-refractivity contribution in [1.29, 1.82) is 0 Å². The van der Waals surface area contributed by atoms with E-state index in [2.05, 4.69) is 6.58 Å². The molecular formula is C15H20O3. The summed E-state index contributed by atoms with van der Waals surface area (Å²) in [5, 5.41) is 0. The van der Waals surface area contributed by atoms with Gasteiger partial charge in [-0.3, -0.25) is 9.59 Å². The third kappa shape index (κ3) is 2.26. The van der Waals surface area contributed by atoms with Gasteiger partial charge in [-0.1, -0.05) is 11.6 Å². The van der Waals surface area contributed by atoms with E-state index in [4.69, 9.17) is 4.74 Å². The minimum atomic E-state index is -0.235. The molecule has 0 heterocycles. The minimum Gasteiger partial charge on any atom is -0.462 e. The molecule has 0 aliphatic heterocycles. The molecule has 2 rings (SSSR count). The number of carbonyl (C=O) groups excluding carboxylic acids is 2.